The summed E-state index contributed by atoms with van der Waals surface area (Å²) in [4.78, 5) is 22.5. The molecule has 0 bridgehead atoms. The van der Waals surface area contributed by atoms with E-state index in [1.54, 1.807) is 0 Å². The summed E-state index contributed by atoms with van der Waals surface area (Å²) in [5.74, 6) is 2.50. The van der Waals surface area contributed by atoms with Gasteiger partial charge in [-0.3, -0.25) is 20.2 Å². The van der Waals surface area contributed by atoms with Crippen LogP contribution in [0.3, 0.4) is 0 Å². The van der Waals surface area contributed by atoms with Gasteiger partial charge in [-0.1, -0.05) is 0 Å². The molecule has 18 heavy (non-hydrogen) atoms. The molecular formula is C12H14N2O4. The fraction of sp³-hybridized carbons (Fsp3) is 1.00. The lowest BCUT2D eigenvalue weighted by Crippen LogP contribution is -2.41. The molecule has 0 aromatic carbocycles. The van der Waals surface area contributed by atoms with E-state index in [-0.39, 0.29) is 45.6 Å². The third-order valence-electron chi connectivity index (χ3n) is 7.09. The van der Waals surface area contributed by atoms with Crippen molar-refractivity contribution >= 4 is 0 Å². The molecule has 6 heteroatoms. The third-order valence-corrected chi connectivity index (χ3v) is 7.09. The number of nitro groups is 2. The fourth-order valence-corrected chi connectivity index (χ4v) is 7.15. The molecule has 4 atom stereocenters. The first-order valence-corrected chi connectivity index (χ1v) is 6.88. The molecule has 0 spiro atoms. The number of hydrogen-bond donors (Lipinski definition) is 0. The van der Waals surface area contributed by atoms with Gasteiger partial charge in [-0.05, 0) is 36.5 Å². The van der Waals surface area contributed by atoms with Crippen LogP contribution in [0.4, 0.5) is 0 Å². The van der Waals surface area contributed by atoms with Crippen molar-refractivity contribution in [2.24, 2.45) is 47.3 Å². The van der Waals surface area contributed by atoms with E-state index in [4.69, 9.17) is 0 Å². The molecule has 96 valence electrons. The second-order valence-corrected chi connectivity index (χ2v) is 6.99. The summed E-state index contributed by atoms with van der Waals surface area (Å²) in [7, 11) is 0. The summed E-state index contributed by atoms with van der Waals surface area (Å²) < 4.78 is 0. The van der Waals surface area contributed by atoms with E-state index >= 15 is 0 Å². The van der Waals surface area contributed by atoms with Gasteiger partial charge in [0.1, 0.15) is 0 Å². The van der Waals surface area contributed by atoms with Crippen LogP contribution in [0.2, 0.25) is 0 Å². The summed E-state index contributed by atoms with van der Waals surface area (Å²) in [5, 5.41) is 22.6. The molecule has 0 aliphatic heterocycles. The van der Waals surface area contributed by atoms with Crippen molar-refractivity contribution in [1.29, 1.82) is 0 Å². The van der Waals surface area contributed by atoms with Crippen LogP contribution in [0, 0.1) is 67.6 Å². The lowest BCUT2D eigenvalue weighted by molar-refractivity contribution is -0.549. The average molecular weight is 250 g/mol. The second kappa shape index (κ2) is 2.56. The summed E-state index contributed by atoms with van der Waals surface area (Å²) in [5.41, 5.74) is 0. The molecule has 0 radical (unpaired) electrons. The second-order valence-electron chi connectivity index (χ2n) is 6.99. The van der Waals surface area contributed by atoms with E-state index in [1.165, 1.54) is 0 Å². The van der Waals surface area contributed by atoms with Crippen molar-refractivity contribution < 1.29 is 9.85 Å². The monoisotopic (exact) mass is 250 g/mol. The molecular weight excluding hydrogens is 236 g/mol. The molecule has 6 nitrogen and oxygen atoms in total. The number of rotatable bonds is 2. The van der Waals surface area contributed by atoms with E-state index in [2.05, 4.69) is 0 Å². The minimum atomic E-state index is -0.379. The Morgan fingerprint density at radius 3 is 1.17 bits per heavy atom. The van der Waals surface area contributed by atoms with Gasteiger partial charge in [0.15, 0.2) is 0 Å². The van der Waals surface area contributed by atoms with Gasteiger partial charge in [0.25, 0.3) is 0 Å². The van der Waals surface area contributed by atoms with Crippen LogP contribution in [0.25, 0.3) is 0 Å². The van der Waals surface area contributed by atoms with Crippen molar-refractivity contribution in [3.8, 4) is 0 Å². The van der Waals surface area contributed by atoms with Gasteiger partial charge in [0.2, 0.25) is 12.1 Å². The van der Waals surface area contributed by atoms with E-state index in [9.17, 15) is 20.2 Å². The van der Waals surface area contributed by atoms with Crippen LogP contribution < -0.4 is 0 Å². The van der Waals surface area contributed by atoms with Gasteiger partial charge in [-0.25, -0.2) is 0 Å². The van der Waals surface area contributed by atoms with Crippen molar-refractivity contribution in [2.75, 3.05) is 0 Å². The predicted molar refractivity (Wildman–Crippen MR) is 58.7 cm³/mol. The maximum atomic E-state index is 11.3. The largest absolute Gasteiger partial charge is 0.264 e. The fourth-order valence-electron chi connectivity index (χ4n) is 7.15. The van der Waals surface area contributed by atoms with Crippen molar-refractivity contribution in [3.05, 3.63) is 20.2 Å². The Morgan fingerprint density at radius 1 is 0.667 bits per heavy atom. The minimum absolute atomic E-state index is 0.0704. The van der Waals surface area contributed by atoms with Crippen LogP contribution in [-0.4, -0.2) is 21.9 Å². The van der Waals surface area contributed by atoms with Crippen LogP contribution >= 0.6 is 0 Å². The number of hydrogen-bond acceptors (Lipinski definition) is 4. The van der Waals surface area contributed by atoms with Crippen LogP contribution in [0.15, 0.2) is 0 Å². The van der Waals surface area contributed by atoms with Gasteiger partial charge >= 0.3 is 0 Å². The highest BCUT2D eigenvalue weighted by molar-refractivity contribution is 5.26. The van der Waals surface area contributed by atoms with Gasteiger partial charge in [-0.2, -0.15) is 0 Å². The molecule has 0 heterocycles. The van der Waals surface area contributed by atoms with Gasteiger partial charge in [0, 0.05) is 33.5 Å². The van der Waals surface area contributed by atoms with Crippen LogP contribution in [0.5, 0.6) is 0 Å². The lowest BCUT2D eigenvalue weighted by atomic mass is 9.60. The molecule has 0 aromatic heterocycles. The number of nitrogens with zero attached hydrogens (tertiary/aromatic N) is 2. The molecule has 5 saturated carbocycles. The summed E-state index contributed by atoms with van der Waals surface area (Å²) >= 11 is 0. The molecule has 0 aromatic rings. The molecule has 4 unspecified atom stereocenters. The average Bonchev–Trinajstić information content (AvgIpc) is 2.71. The molecule has 0 saturated heterocycles. The lowest BCUT2D eigenvalue weighted by Gasteiger charge is -2.43. The Kier molecular flexibility index (Phi) is 1.38. The summed E-state index contributed by atoms with van der Waals surface area (Å²) in [6.45, 7) is 0. The Hall–Kier alpha value is -1.20. The zero-order valence-corrected chi connectivity index (χ0v) is 9.72. The third kappa shape index (κ3) is 0.715. The van der Waals surface area contributed by atoms with Gasteiger partial charge < -0.3 is 0 Å². The first-order valence-electron chi connectivity index (χ1n) is 6.88. The topological polar surface area (TPSA) is 86.3 Å². The Morgan fingerprint density at radius 2 is 0.944 bits per heavy atom. The Bertz CT molecular complexity index is 414. The van der Waals surface area contributed by atoms with Crippen molar-refractivity contribution in [2.45, 2.75) is 24.9 Å². The van der Waals surface area contributed by atoms with Crippen molar-refractivity contribution in [3.63, 3.8) is 0 Å². The molecule has 5 aliphatic carbocycles. The maximum absolute atomic E-state index is 11.3. The first-order chi connectivity index (χ1) is 8.61. The van der Waals surface area contributed by atoms with Crippen LogP contribution in [-0.2, 0) is 0 Å². The predicted octanol–water partition coefficient (Wildman–Crippen LogP) is 1.05. The normalized spacial score (nSPS) is 65.1. The minimum Gasteiger partial charge on any atom is -0.264 e. The molecule has 5 aliphatic rings. The highest BCUT2D eigenvalue weighted by Crippen LogP contribution is 2.80. The Labute approximate surface area is 103 Å². The zero-order chi connectivity index (χ0) is 12.3. The first kappa shape index (κ1) is 9.69. The molecule has 5 fully saturated rings. The van der Waals surface area contributed by atoms with Gasteiger partial charge in [0.05, 0.1) is 0 Å². The zero-order valence-electron chi connectivity index (χ0n) is 9.72. The SMILES string of the molecule is O=[N+]([O-])C1C2CC3C4C2C2C1CC(C24)C3[N+](=O)[O-]. The maximum Gasteiger partial charge on any atom is 0.219 e. The molecule has 0 amide bonds. The van der Waals surface area contributed by atoms with E-state index in [0.29, 0.717) is 23.7 Å². The van der Waals surface area contributed by atoms with Crippen molar-refractivity contribution in [1.82, 2.24) is 0 Å². The molecule has 0 N–H and O–H groups in total. The quantitative estimate of drug-likeness (QED) is 0.541. The smallest absolute Gasteiger partial charge is 0.219 e. The van der Waals surface area contributed by atoms with Crippen LogP contribution in [0.1, 0.15) is 12.8 Å². The highest BCUT2D eigenvalue weighted by Gasteiger charge is 2.84. The molecule has 5 rings (SSSR count). The van der Waals surface area contributed by atoms with E-state index in [1.807, 2.05) is 0 Å². The Balaban J connectivity index is 1.65. The summed E-state index contributed by atoms with van der Waals surface area (Å²) in [6, 6.07) is -0.759. The van der Waals surface area contributed by atoms with Gasteiger partial charge in [-0.15, -0.1) is 0 Å². The standard InChI is InChI=1S/C12H14N2O4/c15-13(16)11-3-1-4-8-7(3)9-5(11)2-6(10(8)9)12(4)14(17)18/h3-12H,1-2H2. The highest BCUT2D eigenvalue weighted by atomic mass is 16.6. The summed E-state index contributed by atoms with van der Waals surface area (Å²) in [6.07, 6.45) is 1.51. The van der Waals surface area contributed by atoms with E-state index < -0.39 is 0 Å². The van der Waals surface area contributed by atoms with E-state index in [0.717, 1.165) is 12.8 Å².